The monoisotopic (exact) mass is 284 g/mol. The Hall–Kier alpha value is -0.950. The molecule has 1 saturated carbocycles. The standard InChI is InChI=1S/C12H20N4O2S/c17-19(18,12-4-2-1-3-5-12)15-9-6-11(10-15)16-13-7-8-14-16/h7-8,11-12H,1-6,9-10H2. The van der Waals surface area contributed by atoms with Crippen LogP contribution in [-0.4, -0.2) is 46.1 Å². The van der Waals surface area contributed by atoms with E-state index in [9.17, 15) is 8.42 Å². The molecule has 0 radical (unpaired) electrons. The third-order valence-corrected chi connectivity index (χ3v) is 6.59. The molecule has 7 heteroatoms. The molecule has 0 bridgehead atoms. The van der Waals surface area contributed by atoms with E-state index in [0.717, 1.165) is 32.1 Å². The third kappa shape index (κ3) is 2.53. The molecule has 1 aliphatic heterocycles. The zero-order chi connectivity index (χ0) is 13.3. The van der Waals surface area contributed by atoms with Gasteiger partial charge in [0, 0.05) is 13.1 Å². The fourth-order valence-electron chi connectivity index (χ4n) is 3.12. The van der Waals surface area contributed by atoms with Crippen molar-refractivity contribution in [2.45, 2.75) is 49.8 Å². The summed E-state index contributed by atoms with van der Waals surface area (Å²) >= 11 is 0. The quantitative estimate of drug-likeness (QED) is 0.836. The minimum atomic E-state index is -3.12. The first-order valence-electron chi connectivity index (χ1n) is 7.02. The molecule has 2 heterocycles. The maximum absolute atomic E-state index is 12.6. The molecule has 2 aliphatic rings. The van der Waals surface area contributed by atoms with Gasteiger partial charge in [-0.1, -0.05) is 19.3 Å². The molecule has 2 fully saturated rings. The van der Waals surface area contributed by atoms with Crippen LogP contribution >= 0.6 is 0 Å². The molecule has 1 aliphatic carbocycles. The zero-order valence-corrected chi connectivity index (χ0v) is 11.8. The van der Waals surface area contributed by atoms with E-state index in [1.807, 2.05) is 0 Å². The Morgan fingerprint density at radius 2 is 1.68 bits per heavy atom. The second-order valence-corrected chi connectivity index (χ2v) is 7.67. The second-order valence-electron chi connectivity index (χ2n) is 5.45. The normalized spacial score (nSPS) is 26.8. The predicted molar refractivity (Wildman–Crippen MR) is 71.0 cm³/mol. The van der Waals surface area contributed by atoms with Crippen molar-refractivity contribution in [1.82, 2.24) is 19.3 Å². The molecule has 0 spiro atoms. The van der Waals surface area contributed by atoms with Gasteiger partial charge in [-0.15, -0.1) is 0 Å². The van der Waals surface area contributed by atoms with Gasteiger partial charge in [0.2, 0.25) is 10.0 Å². The van der Waals surface area contributed by atoms with E-state index in [4.69, 9.17) is 0 Å². The van der Waals surface area contributed by atoms with Crippen molar-refractivity contribution in [3.63, 3.8) is 0 Å². The topological polar surface area (TPSA) is 68.1 Å². The zero-order valence-electron chi connectivity index (χ0n) is 11.0. The second kappa shape index (κ2) is 5.20. The Kier molecular flexibility index (Phi) is 3.58. The molecule has 0 aromatic carbocycles. The van der Waals surface area contributed by atoms with Gasteiger partial charge in [-0.05, 0) is 19.3 Å². The van der Waals surface area contributed by atoms with Gasteiger partial charge in [0.05, 0.1) is 23.7 Å². The van der Waals surface area contributed by atoms with Gasteiger partial charge in [0.15, 0.2) is 0 Å². The Morgan fingerprint density at radius 1 is 1.00 bits per heavy atom. The summed E-state index contributed by atoms with van der Waals surface area (Å²) in [7, 11) is -3.12. The van der Waals surface area contributed by atoms with Gasteiger partial charge in [0.1, 0.15) is 0 Å². The minimum Gasteiger partial charge on any atom is -0.212 e. The first-order valence-corrected chi connectivity index (χ1v) is 8.53. The van der Waals surface area contributed by atoms with E-state index in [0.29, 0.717) is 13.1 Å². The van der Waals surface area contributed by atoms with Crippen LogP contribution in [0, 0.1) is 0 Å². The number of hydrogen-bond acceptors (Lipinski definition) is 4. The first-order chi connectivity index (χ1) is 9.18. The average Bonchev–Trinajstić information content (AvgIpc) is 3.10. The first kappa shape index (κ1) is 13.1. The van der Waals surface area contributed by atoms with Crippen LogP contribution in [0.15, 0.2) is 12.4 Å². The Labute approximate surface area is 113 Å². The van der Waals surface area contributed by atoms with Crippen molar-refractivity contribution in [3.05, 3.63) is 12.4 Å². The van der Waals surface area contributed by atoms with E-state index in [1.165, 1.54) is 6.42 Å². The molecule has 19 heavy (non-hydrogen) atoms. The number of rotatable bonds is 3. The van der Waals surface area contributed by atoms with Gasteiger partial charge < -0.3 is 0 Å². The molecule has 0 N–H and O–H groups in total. The lowest BCUT2D eigenvalue weighted by molar-refractivity contribution is 0.391. The highest BCUT2D eigenvalue weighted by Gasteiger charge is 2.38. The van der Waals surface area contributed by atoms with E-state index < -0.39 is 10.0 Å². The molecule has 6 nitrogen and oxygen atoms in total. The summed E-state index contributed by atoms with van der Waals surface area (Å²) in [4.78, 5) is 1.64. The Balaban J connectivity index is 1.69. The molecular weight excluding hydrogens is 264 g/mol. The van der Waals surface area contributed by atoms with Crippen LogP contribution in [0.2, 0.25) is 0 Å². The highest BCUT2D eigenvalue weighted by Crippen LogP contribution is 2.30. The van der Waals surface area contributed by atoms with Crippen LogP contribution in [0.1, 0.15) is 44.6 Å². The van der Waals surface area contributed by atoms with E-state index >= 15 is 0 Å². The predicted octanol–water partition coefficient (Wildman–Crippen LogP) is 1.19. The van der Waals surface area contributed by atoms with Gasteiger partial charge >= 0.3 is 0 Å². The number of nitrogens with zero attached hydrogens (tertiary/aromatic N) is 4. The summed E-state index contributed by atoms with van der Waals surface area (Å²) in [6, 6.07) is 0.0911. The number of aromatic nitrogens is 3. The van der Waals surface area contributed by atoms with Crippen molar-refractivity contribution >= 4 is 10.0 Å². The Bertz CT molecular complexity index is 508. The highest BCUT2D eigenvalue weighted by molar-refractivity contribution is 7.89. The number of hydrogen-bond donors (Lipinski definition) is 0. The molecular formula is C12H20N4O2S. The molecule has 3 rings (SSSR count). The van der Waals surface area contributed by atoms with Crippen LogP contribution in [0.4, 0.5) is 0 Å². The lowest BCUT2D eigenvalue weighted by Crippen LogP contribution is -2.38. The summed E-state index contributed by atoms with van der Waals surface area (Å²) in [6.07, 6.45) is 8.99. The summed E-state index contributed by atoms with van der Waals surface area (Å²) in [5, 5.41) is 8.06. The van der Waals surface area contributed by atoms with Gasteiger partial charge in [-0.25, -0.2) is 8.42 Å². The summed E-state index contributed by atoms with van der Waals surface area (Å²) in [6.45, 7) is 1.12. The molecule has 106 valence electrons. The maximum Gasteiger partial charge on any atom is 0.217 e. The van der Waals surface area contributed by atoms with Crippen LogP contribution in [-0.2, 0) is 10.0 Å². The third-order valence-electron chi connectivity index (χ3n) is 4.22. The molecule has 1 saturated heterocycles. The van der Waals surface area contributed by atoms with Crippen LogP contribution in [0.5, 0.6) is 0 Å². The van der Waals surface area contributed by atoms with Crippen LogP contribution < -0.4 is 0 Å². The van der Waals surface area contributed by atoms with Crippen molar-refractivity contribution in [1.29, 1.82) is 0 Å². The lowest BCUT2D eigenvalue weighted by Gasteiger charge is -2.26. The van der Waals surface area contributed by atoms with E-state index in [-0.39, 0.29) is 11.3 Å². The van der Waals surface area contributed by atoms with Gasteiger partial charge in [-0.2, -0.15) is 19.3 Å². The average molecular weight is 284 g/mol. The molecule has 1 aromatic heterocycles. The van der Waals surface area contributed by atoms with Gasteiger partial charge in [-0.3, -0.25) is 0 Å². The van der Waals surface area contributed by atoms with Crippen molar-refractivity contribution in [2.24, 2.45) is 0 Å². The Morgan fingerprint density at radius 3 is 2.37 bits per heavy atom. The smallest absolute Gasteiger partial charge is 0.212 e. The van der Waals surface area contributed by atoms with Crippen molar-refractivity contribution < 1.29 is 8.42 Å². The van der Waals surface area contributed by atoms with E-state index in [2.05, 4.69) is 10.2 Å². The SMILES string of the molecule is O=S(=O)(C1CCCCC1)N1CCC(n2nccn2)C1. The minimum absolute atomic E-state index is 0.0911. The largest absolute Gasteiger partial charge is 0.217 e. The molecule has 1 atom stereocenters. The van der Waals surface area contributed by atoms with E-state index in [1.54, 1.807) is 21.5 Å². The summed E-state index contributed by atoms with van der Waals surface area (Å²) in [5.74, 6) is 0. The van der Waals surface area contributed by atoms with Gasteiger partial charge in [0.25, 0.3) is 0 Å². The summed E-state index contributed by atoms with van der Waals surface area (Å²) < 4.78 is 26.8. The lowest BCUT2D eigenvalue weighted by atomic mass is 10.0. The number of sulfonamides is 1. The molecule has 1 aromatic rings. The maximum atomic E-state index is 12.6. The molecule has 0 amide bonds. The highest BCUT2D eigenvalue weighted by atomic mass is 32.2. The molecule has 1 unspecified atom stereocenters. The van der Waals surface area contributed by atoms with Crippen LogP contribution in [0.25, 0.3) is 0 Å². The van der Waals surface area contributed by atoms with Crippen LogP contribution in [0.3, 0.4) is 0 Å². The fourth-order valence-corrected chi connectivity index (χ4v) is 5.21. The van der Waals surface area contributed by atoms with Crippen molar-refractivity contribution in [3.8, 4) is 0 Å². The summed E-state index contributed by atoms with van der Waals surface area (Å²) in [5.41, 5.74) is 0. The fraction of sp³-hybridized carbons (Fsp3) is 0.833. The van der Waals surface area contributed by atoms with Crippen molar-refractivity contribution in [2.75, 3.05) is 13.1 Å².